The van der Waals surface area contributed by atoms with Crippen LogP contribution in [0.4, 0.5) is 0 Å². The third-order valence-electron chi connectivity index (χ3n) is 3.37. The van der Waals surface area contributed by atoms with Crippen molar-refractivity contribution in [3.05, 3.63) is 35.4 Å². The van der Waals surface area contributed by atoms with Crippen molar-refractivity contribution < 1.29 is 5.11 Å². The summed E-state index contributed by atoms with van der Waals surface area (Å²) in [6, 6.07) is 8.28. The quantitative estimate of drug-likeness (QED) is 0.899. The van der Waals surface area contributed by atoms with Gasteiger partial charge in [0.05, 0.1) is 5.69 Å². The Morgan fingerprint density at radius 1 is 1.20 bits per heavy atom. The normalized spacial score (nSPS) is 11.6. The van der Waals surface area contributed by atoms with Crippen LogP contribution in [-0.2, 0) is 6.54 Å². The molecule has 0 radical (unpaired) electrons. The largest absolute Gasteiger partial charge is 0.493 e. The lowest BCUT2D eigenvalue weighted by molar-refractivity contribution is 0.367. The predicted molar refractivity (Wildman–Crippen MR) is 83.0 cm³/mol. The molecule has 0 spiro atoms. The summed E-state index contributed by atoms with van der Waals surface area (Å²) in [5.41, 5.74) is 4.12. The molecule has 1 aromatic heterocycles. The second kappa shape index (κ2) is 5.70. The van der Waals surface area contributed by atoms with E-state index >= 15 is 0 Å². The van der Waals surface area contributed by atoms with Crippen molar-refractivity contribution in [2.45, 2.75) is 47.1 Å². The van der Waals surface area contributed by atoms with Crippen LogP contribution in [0.1, 0.15) is 44.7 Å². The molecule has 1 heterocycles. The first kappa shape index (κ1) is 14.6. The first-order valence-electron chi connectivity index (χ1n) is 7.26. The number of benzene rings is 1. The molecule has 3 heteroatoms. The second-order valence-electron chi connectivity index (χ2n) is 6.19. The molecular formula is C17H24N2O. The maximum atomic E-state index is 10.5. The first-order valence-corrected chi connectivity index (χ1v) is 7.26. The molecule has 2 aromatic rings. The summed E-state index contributed by atoms with van der Waals surface area (Å²) in [4.78, 5) is 0. The molecule has 0 bridgehead atoms. The molecule has 0 unspecified atom stereocenters. The van der Waals surface area contributed by atoms with Gasteiger partial charge in [-0.2, -0.15) is 5.10 Å². The van der Waals surface area contributed by atoms with E-state index in [4.69, 9.17) is 0 Å². The van der Waals surface area contributed by atoms with Crippen molar-refractivity contribution in [2.75, 3.05) is 0 Å². The van der Waals surface area contributed by atoms with Crippen molar-refractivity contribution in [2.24, 2.45) is 5.92 Å². The monoisotopic (exact) mass is 272 g/mol. The van der Waals surface area contributed by atoms with Crippen molar-refractivity contribution in [1.82, 2.24) is 9.78 Å². The number of hydrogen-bond donors (Lipinski definition) is 1. The molecule has 20 heavy (non-hydrogen) atoms. The Labute approximate surface area is 121 Å². The van der Waals surface area contributed by atoms with Crippen molar-refractivity contribution in [3.63, 3.8) is 0 Å². The van der Waals surface area contributed by atoms with Crippen LogP contribution in [0.3, 0.4) is 0 Å². The Kier molecular flexibility index (Phi) is 4.17. The van der Waals surface area contributed by atoms with Gasteiger partial charge >= 0.3 is 0 Å². The predicted octanol–water partition coefficient (Wildman–Crippen LogP) is 4.34. The van der Waals surface area contributed by atoms with E-state index in [1.807, 2.05) is 6.07 Å². The average molecular weight is 272 g/mol. The first-order chi connectivity index (χ1) is 9.40. The fourth-order valence-electron chi connectivity index (χ4n) is 2.48. The van der Waals surface area contributed by atoms with Crippen LogP contribution in [0.25, 0.3) is 11.3 Å². The Morgan fingerprint density at radius 2 is 1.90 bits per heavy atom. The van der Waals surface area contributed by atoms with Gasteiger partial charge in [-0.1, -0.05) is 51.5 Å². The average Bonchev–Trinajstić information content (AvgIpc) is 2.66. The van der Waals surface area contributed by atoms with Crippen molar-refractivity contribution in [3.8, 4) is 17.1 Å². The van der Waals surface area contributed by atoms with Gasteiger partial charge in [-0.15, -0.1) is 0 Å². The fraction of sp³-hybridized carbons (Fsp3) is 0.471. The minimum atomic E-state index is 0.242. The van der Waals surface area contributed by atoms with E-state index in [2.05, 4.69) is 57.9 Å². The summed E-state index contributed by atoms with van der Waals surface area (Å²) < 4.78 is 1.73. The van der Waals surface area contributed by atoms with Crippen LogP contribution in [-0.4, -0.2) is 14.9 Å². The molecule has 1 aromatic carbocycles. The van der Waals surface area contributed by atoms with Crippen LogP contribution in [0.2, 0.25) is 0 Å². The number of aryl methyl sites for hydroxylation is 1. The summed E-state index contributed by atoms with van der Waals surface area (Å²) in [6.45, 7) is 11.2. The number of aromatic hydroxyl groups is 1. The molecule has 0 aliphatic carbocycles. The van der Waals surface area contributed by atoms with Gasteiger partial charge in [-0.25, -0.2) is 4.68 Å². The maximum absolute atomic E-state index is 10.5. The fourth-order valence-corrected chi connectivity index (χ4v) is 2.48. The van der Waals surface area contributed by atoms with Crippen LogP contribution in [0.15, 0.2) is 24.3 Å². The van der Waals surface area contributed by atoms with Crippen molar-refractivity contribution >= 4 is 0 Å². The second-order valence-corrected chi connectivity index (χ2v) is 6.19. The smallest absolute Gasteiger partial charge is 0.213 e. The van der Waals surface area contributed by atoms with Gasteiger partial charge < -0.3 is 5.11 Å². The summed E-state index contributed by atoms with van der Waals surface area (Å²) in [7, 11) is 0. The maximum Gasteiger partial charge on any atom is 0.213 e. The highest BCUT2D eigenvalue weighted by Crippen LogP contribution is 2.35. The molecule has 0 atom stereocenters. The van der Waals surface area contributed by atoms with E-state index in [1.54, 1.807) is 4.68 Å². The Hall–Kier alpha value is -1.77. The lowest BCUT2D eigenvalue weighted by atomic mass is 9.98. The van der Waals surface area contributed by atoms with Crippen LogP contribution >= 0.6 is 0 Å². The van der Waals surface area contributed by atoms with E-state index in [9.17, 15) is 5.11 Å². The molecule has 0 aliphatic rings. The third-order valence-corrected chi connectivity index (χ3v) is 3.37. The minimum absolute atomic E-state index is 0.242. The molecule has 0 saturated heterocycles. The van der Waals surface area contributed by atoms with E-state index in [0.717, 1.165) is 23.4 Å². The zero-order chi connectivity index (χ0) is 14.9. The number of hydrogen-bond acceptors (Lipinski definition) is 2. The van der Waals surface area contributed by atoms with Gasteiger partial charge in [0.15, 0.2) is 0 Å². The molecular weight excluding hydrogens is 248 g/mol. The Morgan fingerprint density at radius 3 is 2.45 bits per heavy atom. The van der Waals surface area contributed by atoms with Gasteiger partial charge in [0.1, 0.15) is 0 Å². The molecule has 0 aliphatic heterocycles. The van der Waals surface area contributed by atoms with E-state index in [1.165, 1.54) is 5.56 Å². The van der Waals surface area contributed by atoms with E-state index in [0.29, 0.717) is 11.8 Å². The summed E-state index contributed by atoms with van der Waals surface area (Å²) in [6.07, 6.45) is 0. The SMILES string of the molecule is Cc1cccc(-c2nn(CC(C)C)c(O)c2C(C)C)c1. The van der Waals surface area contributed by atoms with Gasteiger partial charge in [0.25, 0.3) is 0 Å². The summed E-state index contributed by atoms with van der Waals surface area (Å²) in [5, 5.41) is 15.1. The summed E-state index contributed by atoms with van der Waals surface area (Å²) >= 11 is 0. The number of rotatable bonds is 4. The van der Waals surface area contributed by atoms with E-state index in [-0.39, 0.29) is 5.92 Å². The van der Waals surface area contributed by atoms with Gasteiger partial charge in [-0.05, 0) is 24.8 Å². The minimum Gasteiger partial charge on any atom is -0.493 e. The zero-order valence-electron chi connectivity index (χ0n) is 13.0. The number of nitrogens with zero attached hydrogens (tertiary/aromatic N) is 2. The van der Waals surface area contributed by atoms with Crippen molar-refractivity contribution in [1.29, 1.82) is 0 Å². The topological polar surface area (TPSA) is 38.0 Å². The Bertz CT molecular complexity index is 597. The lowest BCUT2D eigenvalue weighted by Crippen LogP contribution is -2.05. The number of aromatic nitrogens is 2. The molecule has 0 fully saturated rings. The van der Waals surface area contributed by atoms with Crippen LogP contribution in [0.5, 0.6) is 5.88 Å². The molecule has 2 rings (SSSR count). The highest BCUT2D eigenvalue weighted by molar-refractivity contribution is 5.66. The molecule has 1 N–H and O–H groups in total. The summed E-state index contributed by atoms with van der Waals surface area (Å²) in [5.74, 6) is 1.00. The molecule has 0 amide bonds. The third kappa shape index (κ3) is 2.87. The van der Waals surface area contributed by atoms with Gasteiger partial charge in [0.2, 0.25) is 5.88 Å². The van der Waals surface area contributed by atoms with Gasteiger partial charge in [0, 0.05) is 17.7 Å². The zero-order valence-corrected chi connectivity index (χ0v) is 13.0. The lowest BCUT2D eigenvalue weighted by Gasteiger charge is -2.08. The van der Waals surface area contributed by atoms with Crippen LogP contribution in [0, 0.1) is 12.8 Å². The molecule has 0 saturated carbocycles. The molecule has 108 valence electrons. The standard InChI is InChI=1S/C17H24N2O/c1-11(2)10-19-17(20)15(12(3)4)16(18-19)14-8-6-7-13(5)9-14/h6-9,11-12,20H,10H2,1-5H3. The highest BCUT2D eigenvalue weighted by Gasteiger charge is 2.21. The molecule has 3 nitrogen and oxygen atoms in total. The van der Waals surface area contributed by atoms with Crippen LogP contribution < -0.4 is 0 Å². The van der Waals surface area contributed by atoms with E-state index < -0.39 is 0 Å². The highest BCUT2D eigenvalue weighted by atomic mass is 16.3. The van der Waals surface area contributed by atoms with Gasteiger partial charge in [-0.3, -0.25) is 0 Å². The Balaban J connectivity index is 2.57.